The second-order valence-corrected chi connectivity index (χ2v) is 6.95. The molecule has 0 atom stereocenters. The Bertz CT molecular complexity index is 825. The first kappa shape index (κ1) is 19.6. The lowest BCUT2D eigenvalue weighted by Gasteiger charge is -2.10. The standard InChI is InChI=1S/C22H24N2O4/c25-20(12-10-16-6-4-5-7-16)24-19(22(26)27)14-17-11-13-21(23-15-17)28-18-8-2-1-3-9-18/h1-3,8-9,11,13-16H,4-7,10,12H2,(H,24,25)(H,26,27)/b19-14+. The van der Waals surface area contributed by atoms with Crippen molar-refractivity contribution in [1.82, 2.24) is 10.3 Å². The largest absolute Gasteiger partial charge is 0.477 e. The smallest absolute Gasteiger partial charge is 0.352 e. The van der Waals surface area contributed by atoms with E-state index < -0.39 is 5.97 Å². The van der Waals surface area contributed by atoms with Gasteiger partial charge in [-0.3, -0.25) is 4.79 Å². The van der Waals surface area contributed by atoms with Crippen molar-refractivity contribution in [2.45, 2.75) is 38.5 Å². The van der Waals surface area contributed by atoms with Crippen LogP contribution in [-0.2, 0) is 9.59 Å². The topological polar surface area (TPSA) is 88.5 Å². The molecule has 1 fully saturated rings. The van der Waals surface area contributed by atoms with E-state index in [-0.39, 0.29) is 11.6 Å². The number of aliphatic carboxylic acids is 1. The van der Waals surface area contributed by atoms with Crippen molar-refractivity contribution in [3.8, 4) is 11.6 Å². The fraction of sp³-hybridized carbons (Fsp3) is 0.318. The van der Waals surface area contributed by atoms with Gasteiger partial charge in [0.25, 0.3) is 0 Å². The number of pyridine rings is 1. The quantitative estimate of drug-likeness (QED) is 0.663. The highest BCUT2D eigenvalue weighted by atomic mass is 16.5. The van der Waals surface area contributed by atoms with Crippen LogP contribution in [0.1, 0.15) is 44.1 Å². The van der Waals surface area contributed by atoms with Gasteiger partial charge in [-0.05, 0) is 42.2 Å². The summed E-state index contributed by atoms with van der Waals surface area (Å²) in [5.74, 6) is 0.209. The molecule has 0 radical (unpaired) electrons. The van der Waals surface area contributed by atoms with Gasteiger partial charge in [-0.15, -0.1) is 0 Å². The van der Waals surface area contributed by atoms with Gasteiger partial charge in [-0.2, -0.15) is 0 Å². The molecule has 1 heterocycles. The summed E-state index contributed by atoms with van der Waals surface area (Å²) in [5, 5.41) is 11.9. The molecular formula is C22H24N2O4. The van der Waals surface area contributed by atoms with Gasteiger partial charge < -0.3 is 15.2 Å². The summed E-state index contributed by atoms with van der Waals surface area (Å²) < 4.78 is 5.61. The van der Waals surface area contributed by atoms with E-state index in [4.69, 9.17) is 4.74 Å². The zero-order chi connectivity index (χ0) is 19.8. The number of carboxylic acids is 1. The lowest BCUT2D eigenvalue weighted by molar-refractivity contribution is -0.134. The lowest BCUT2D eigenvalue weighted by atomic mass is 10.0. The maximum Gasteiger partial charge on any atom is 0.352 e. The minimum Gasteiger partial charge on any atom is -0.477 e. The maximum absolute atomic E-state index is 12.1. The van der Waals surface area contributed by atoms with Gasteiger partial charge in [0.05, 0.1) is 0 Å². The molecule has 2 N–H and O–H groups in total. The second kappa shape index (κ2) is 9.69. The first-order chi connectivity index (χ1) is 13.6. The molecule has 3 rings (SSSR count). The molecule has 2 aromatic rings. The molecule has 0 bridgehead atoms. The van der Waals surface area contributed by atoms with Crippen molar-refractivity contribution in [1.29, 1.82) is 0 Å². The third-order valence-electron chi connectivity index (χ3n) is 4.79. The molecule has 1 aromatic carbocycles. The molecule has 0 aliphatic heterocycles. The van der Waals surface area contributed by atoms with E-state index in [2.05, 4.69) is 10.3 Å². The highest BCUT2D eigenvalue weighted by Gasteiger charge is 2.17. The van der Waals surface area contributed by atoms with Gasteiger partial charge in [0.1, 0.15) is 11.4 Å². The van der Waals surface area contributed by atoms with E-state index in [1.54, 1.807) is 12.1 Å². The minimum atomic E-state index is -1.18. The number of nitrogens with zero attached hydrogens (tertiary/aromatic N) is 1. The van der Waals surface area contributed by atoms with Gasteiger partial charge >= 0.3 is 5.97 Å². The first-order valence-corrected chi connectivity index (χ1v) is 9.54. The Morgan fingerprint density at radius 2 is 1.89 bits per heavy atom. The van der Waals surface area contributed by atoms with E-state index in [1.165, 1.54) is 25.1 Å². The van der Waals surface area contributed by atoms with Crippen molar-refractivity contribution < 1.29 is 19.4 Å². The van der Waals surface area contributed by atoms with Crippen LogP contribution in [0.5, 0.6) is 11.6 Å². The third kappa shape index (κ3) is 5.94. The fourth-order valence-corrected chi connectivity index (χ4v) is 3.31. The number of nitrogens with one attached hydrogen (secondary N) is 1. The molecule has 6 nitrogen and oxygen atoms in total. The van der Waals surface area contributed by atoms with Crippen LogP contribution >= 0.6 is 0 Å². The number of benzene rings is 1. The van der Waals surface area contributed by atoms with Gasteiger partial charge in [0.15, 0.2) is 0 Å². The summed E-state index contributed by atoms with van der Waals surface area (Å²) >= 11 is 0. The summed E-state index contributed by atoms with van der Waals surface area (Å²) in [7, 11) is 0. The Morgan fingerprint density at radius 3 is 2.54 bits per heavy atom. The SMILES string of the molecule is O=C(CCC1CCCC1)N/C(=C/c1ccc(Oc2ccccc2)nc1)C(=O)O. The number of aromatic nitrogens is 1. The number of carbonyl (C=O) groups is 2. The molecule has 1 amide bonds. The molecule has 1 aliphatic carbocycles. The molecule has 6 heteroatoms. The van der Waals surface area contributed by atoms with Gasteiger partial charge in [-0.25, -0.2) is 9.78 Å². The van der Waals surface area contributed by atoms with E-state index in [0.29, 0.717) is 29.5 Å². The molecular weight excluding hydrogens is 356 g/mol. The van der Waals surface area contributed by atoms with E-state index in [0.717, 1.165) is 19.3 Å². The zero-order valence-electron chi connectivity index (χ0n) is 15.6. The van der Waals surface area contributed by atoms with Crippen molar-refractivity contribution in [3.63, 3.8) is 0 Å². The molecule has 0 unspecified atom stereocenters. The number of para-hydroxylation sites is 1. The number of ether oxygens (including phenoxy) is 1. The van der Waals surface area contributed by atoms with E-state index >= 15 is 0 Å². The Balaban J connectivity index is 1.59. The van der Waals surface area contributed by atoms with E-state index in [1.807, 2.05) is 30.3 Å². The summed E-state index contributed by atoms with van der Waals surface area (Å²) in [6.45, 7) is 0. The number of carbonyl (C=O) groups excluding carboxylic acids is 1. The number of rotatable bonds is 8. The van der Waals surface area contributed by atoms with Gasteiger partial charge in [0, 0.05) is 18.7 Å². The number of hydrogen-bond donors (Lipinski definition) is 2. The van der Waals surface area contributed by atoms with Crippen molar-refractivity contribution in [3.05, 3.63) is 59.9 Å². The van der Waals surface area contributed by atoms with Gasteiger partial charge in [-0.1, -0.05) is 43.9 Å². The van der Waals surface area contributed by atoms with Crippen LogP contribution in [0.2, 0.25) is 0 Å². The zero-order valence-corrected chi connectivity index (χ0v) is 15.6. The average Bonchev–Trinajstić information content (AvgIpc) is 3.22. The van der Waals surface area contributed by atoms with Crippen LogP contribution in [0.3, 0.4) is 0 Å². The van der Waals surface area contributed by atoms with Crippen molar-refractivity contribution in [2.24, 2.45) is 5.92 Å². The van der Waals surface area contributed by atoms with Crippen molar-refractivity contribution in [2.75, 3.05) is 0 Å². The number of hydrogen-bond acceptors (Lipinski definition) is 4. The Labute approximate surface area is 164 Å². The van der Waals surface area contributed by atoms with Crippen LogP contribution in [-0.4, -0.2) is 22.0 Å². The van der Waals surface area contributed by atoms with Crippen LogP contribution in [0, 0.1) is 5.92 Å². The molecule has 1 aliphatic rings. The molecule has 1 aromatic heterocycles. The Kier molecular flexibility index (Phi) is 6.78. The van der Waals surface area contributed by atoms with Crippen LogP contribution in [0.15, 0.2) is 54.4 Å². The van der Waals surface area contributed by atoms with Crippen molar-refractivity contribution >= 4 is 18.0 Å². The van der Waals surface area contributed by atoms with Crippen LogP contribution < -0.4 is 10.1 Å². The first-order valence-electron chi connectivity index (χ1n) is 9.54. The summed E-state index contributed by atoms with van der Waals surface area (Å²) in [6.07, 6.45) is 8.84. The number of amides is 1. The minimum absolute atomic E-state index is 0.157. The summed E-state index contributed by atoms with van der Waals surface area (Å²) in [6, 6.07) is 12.6. The lowest BCUT2D eigenvalue weighted by Crippen LogP contribution is -2.27. The predicted octanol–water partition coefficient (Wildman–Crippen LogP) is 4.39. The summed E-state index contributed by atoms with van der Waals surface area (Å²) in [5.41, 5.74) is 0.406. The molecule has 0 saturated heterocycles. The Hall–Kier alpha value is -3.15. The second-order valence-electron chi connectivity index (χ2n) is 6.95. The predicted molar refractivity (Wildman–Crippen MR) is 106 cm³/mol. The molecule has 1 saturated carbocycles. The third-order valence-corrected chi connectivity index (χ3v) is 4.79. The van der Waals surface area contributed by atoms with E-state index in [9.17, 15) is 14.7 Å². The van der Waals surface area contributed by atoms with Gasteiger partial charge in [0.2, 0.25) is 11.8 Å². The normalized spacial score (nSPS) is 14.6. The fourth-order valence-electron chi connectivity index (χ4n) is 3.31. The highest BCUT2D eigenvalue weighted by Crippen LogP contribution is 2.28. The average molecular weight is 380 g/mol. The summed E-state index contributed by atoms with van der Waals surface area (Å²) in [4.78, 5) is 27.8. The molecule has 146 valence electrons. The number of carboxylic acid groups (broad SMARTS) is 1. The maximum atomic E-state index is 12.1. The van der Waals surface area contributed by atoms with Crippen LogP contribution in [0.4, 0.5) is 0 Å². The Morgan fingerprint density at radius 1 is 1.14 bits per heavy atom. The molecule has 28 heavy (non-hydrogen) atoms. The molecule has 0 spiro atoms. The highest BCUT2D eigenvalue weighted by molar-refractivity contribution is 5.96. The van der Waals surface area contributed by atoms with Crippen LogP contribution in [0.25, 0.3) is 6.08 Å². The monoisotopic (exact) mass is 380 g/mol.